The topological polar surface area (TPSA) is 79.4 Å². The summed E-state index contributed by atoms with van der Waals surface area (Å²) in [4.78, 5) is 15.7. The molecule has 1 heterocycles. The minimum absolute atomic E-state index is 0.109. The van der Waals surface area contributed by atoms with Crippen LogP contribution in [-0.4, -0.2) is 28.7 Å². The number of aromatic nitrogens is 2. The predicted octanol–water partition coefficient (Wildman–Crippen LogP) is 2.03. The quantitative estimate of drug-likeness (QED) is 0.844. The predicted molar refractivity (Wildman–Crippen MR) is 75.1 cm³/mol. The Hall–Kier alpha value is -2.50. The normalized spacial score (nSPS) is 10.3. The summed E-state index contributed by atoms with van der Waals surface area (Å²) in [6.07, 6.45) is 1.49. The number of hydrogen-bond donors (Lipinski definition) is 1. The summed E-state index contributed by atoms with van der Waals surface area (Å²) in [5.74, 6) is 0.378. The van der Waals surface area contributed by atoms with E-state index in [-0.39, 0.29) is 18.1 Å². The highest BCUT2D eigenvalue weighted by Crippen LogP contribution is 2.26. The number of nitrogens with zero attached hydrogens (tertiary/aromatic N) is 2. The number of imidazole rings is 1. The highest BCUT2D eigenvalue weighted by Gasteiger charge is 2.18. The highest BCUT2D eigenvalue weighted by atomic mass is 16.5. The molecule has 0 aliphatic heterocycles. The third kappa shape index (κ3) is 2.59. The monoisotopic (exact) mass is 275 g/mol. The molecule has 0 aliphatic carbocycles. The third-order valence-corrected chi connectivity index (χ3v) is 2.70. The van der Waals surface area contributed by atoms with Crippen LogP contribution < -0.4 is 10.5 Å². The summed E-state index contributed by atoms with van der Waals surface area (Å²) in [6, 6.07) is 7.41. The molecule has 0 saturated carbocycles. The van der Waals surface area contributed by atoms with Gasteiger partial charge in [0.05, 0.1) is 18.9 Å². The highest BCUT2D eigenvalue weighted by molar-refractivity contribution is 5.92. The zero-order valence-electron chi connectivity index (χ0n) is 11.5. The number of ether oxygens (including phenoxy) is 2. The van der Waals surface area contributed by atoms with Gasteiger partial charge in [0.2, 0.25) is 0 Å². The molecule has 0 amide bonds. The molecule has 0 fully saturated rings. The van der Waals surface area contributed by atoms with Crippen LogP contribution in [0, 0.1) is 0 Å². The van der Waals surface area contributed by atoms with Gasteiger partial charge < -0.3 is 15.2 Å². The van der Waals surface area contributed by atoms with Gasteiger partial charge in [-0.1, -0.05) is 12.1 Å². The van der Waals surface area contributed by atoms with Gasteiger partial charge in [-0.05, 0) is 26.0 Å². The molecule has 2 rings (SSSR count). The van der Waals surface area contributed by atoms with Crippen molar-refractivity contribution < 1.29 is 14.3 Å². The number of benzene rings is 1. The van der Waals surface area contributed by atoms with Crippen LogP contribution in [0.5, 0.6) is 5.75 Å². The number of anilines is 1. The maximum Gasteiger partial charge on any atom is 0.360 e. The molecule has 2 N–H and O–H groups in total. The lowest BCUT2D eigenvalue weighted by atomic mass is 10.3. The molecule has 0 aliphatic rings. The molecule has 0 atom stereocenters. The molecule has 0 radical (unpaired) electrons. The smallest absolute Gasteiger partial charge is 0.360 e. The summed E-state index contributed by atoms with van der Waals surface area (Å²) in [7, 11) is 0. The van der Waals surface area contributed by atoms with Crippen LogP contribution in [0.15, 0.2) is 30.6 Å². The van der Waals surface area contributed by atoms with E-state index < -0.39 is 5.97 Å². The van der Waals surface area contributed by atoms with Gasteiger partial charge in [-0.3, -0.25) is 4.57 Å². The summed E-state index contributed by atoms with van der Waals surface area (Å²) in [5, 5.41) is 0. The molecule has 0 unspecified atom stereocenters. The first-order valence-electron chi connectivity index (χ1n) is 6.41. The van der Waals surface area contributed by atoms with Gasteiger partial charge in [0.15, 0.2) is 5.69 Å². The number of para-hydroxylation sites is 2. The molecule has 6 nitrogen and oxygen atoms in total. The number of carbonyl (C=O) groups excluding carboxylic acids is 1. The third-order valence-electron chi connectivity index (χ3n) is 2.70. The van der Waals surface area contributed by atoms with Crippen molar-refractivity contribution in [1.82, 2.24) is 9.55 Å². The number of carbonyl (C=O) groups is 1. The average molecular weight is 275 g/mol. The Labute approximate surface area is 117 Å². The minimum Gasteiger partial charge on any atom is -0.492 e. The van der Waals surface area contributed by atoms with Crippen LogP contribution in [0.3, 0.4) is 0 Å². The standard InChI is InChI=1S/C14H17N3O3/c1-3-19-11-8-6-5-7-10(11)17-9-16-12(13(17)15)14(18)20-4-2/h5-9H,3-4,15H2,1-2H3. The van der Waals surface area contributed by atoms with Gasteiger partial charge in [0, 0.05) is 0 Å². The van der Waals surface area contributed by atoms with Crippen LogP contribution in [0.1, 0.15) is 24.3 Å². The van der Waals surface area contributed by atoms with Crippen molar-refractivity contribution in [2.75, 3.05) is 18.9 Å². The molecule has 6 heteroatoms. The maximum absolute atomic E-state index is 11.7. The van der Waals surface area contributed by atoms with Crippen molar-refractivity contribution in [3.05, 3.63) is 36.3 Å². The summed E-state index contributed by atoms with van der Waals surface area (Å²) in [6.45, 7) is 4.45. The lowest BCUT2D eigenvalue weighted by Gasteiger charge is -2.11. The molecule has 20 heavy (non-hydrogen) atoms. The van der Waals surface area contributed by atoms with E-state index in [9.17, 15) is 4.79 Å². The second kappa shape index (κ2) is 6.10. The van der Waals surface area contributed by atoms with Crippen molar-refractivity contribution in [3.63, 3.8) is 0 Å². The van der Waals surface area contributed by atoms with E-state index >= 15 is 0 Å². The zero-order chi connectivity index (χ0) is 14.5. The number of esters is 1. The van der Waals surface area contributed by atoms with E-state index in [0.717, 1.165) is 5.69 Å². The van der Waals surface area contributed by atoms with E-state index in [2.05, 4.69) is 4.98 Å². The Morgan fingerprint density at radius 1 is 1.30 bits per heavy atom. The van der Waals surface area contributed by atoms with E-state index in [1.807, 2.05) is 31.2 Å². The van der Waals surface area contributed by atoms with E-state index in [1.54, 1.807) is 11.5 Å². The molecule has 0 bridgehead atoms. The van der Waals surface area contributed by atoms with Crippen molar-refractivity contribution in [2.45, 2.75) is 13.8 Å². The van der Waals surface area contributed by atoms with Crippen LogP contribution >= 0.6 is 0 Å². The molecule has 106 valence electrons. The van der Waals surface area contributed by atoms with Crippen molar-refractivity contribution >= 4 is 11.8 Å². The molecule has 0 spiro atoms. The lowest BCUT2D eigenvalue weighted by molar-refractivity contribution is 0.0521. The zero-order valence-corrected chi connectivity index (χ0v) is 11.5. The fourth-order valence-corrected chi connectivity index (χ4v) is 1.84. The van der Waals surface area contributed by atoms with Crippen molar-refractivity contribution in [2.24, 2.45) is 0 Å². The molecule has 2 aromatic rings. The number of hydrogen-bond acceptors (Lipinski definition) is 5. The number of rotatable bonds is 5. The molecule has 1 aromatic carbocycles. The average Bonchev–Trinajstić information content (AvgIpc) is 2.82. The summed E-state index contributed by atoms with van der Waals surface area (Å²) < 4.78 is 12.1. The lowest BCUT2D eigenvalue weighted by Crippen LogP contribution is -2.10. The molecule has 1 aromatic heterocycles. The van der Waals surface area contributed by atoms with Gasteiger partial charge in [0.25, 0.3) is 0 Å². The largest absolute Gasteiger partial charge is 0.492 e. The fraction of sp³-hybridized carbons (Fsp3) is 0.286. The SMILES string of the molecule is CCOC(=O)c1ncn(-c2ccccc2OCC)c1N. The van der Waals surface area contributed by atoms with Crippen LogP contribution in [-0.2, 0) is 4.74 Å². The summed E-state index contributed by atoms with van der Waals surface area (Å²) in [5.41, 5.74) is 6.82. The second-order valence-corrected chi connectivity index (χ2v) is 3.97. The van der Waals surface area contributed by atoms with Gasteiger partial charge in [-0.2, -0.15) is 0 Å². The summed E-state index contributed by atoms with van der Waals surface area (Å²) >= 11 is 0. The Bertz CT molecular complexity index is 607. The Morgan fingerprint density at radius 3 is 2.75 bits per heavy atom. The Balaban J connectivity index is 2.42. The van der Waals surface area contributed by atoms with Crippen LogP contribution in [0.25, 0.3) is 5.69 Å². The van der Waals surface area contributed by atoms with Gasteiger partial charge in [-0.15, -0.1) is 0 Å². The van der Waals surface area contributed by atoms with Gasteiger partial charge in [0.1, 0.15) is 17.9 Å². The van der Waals surface area contributed by atoms with Gasteiger partial charge >= 0.3 is 5.97 Å². The second-order valence-electron chi connectivity index (χ2n) is 3.97. The number of nitrogens with two attached hydrogens (primary N) is 1. The van der Waals surface area contributed by atoms with E-state index in [4.69, 9.17) is 15.2 Å². The van der Waals surface area contributed by atoms with Crippen molar-refractivity contribution in [1.29, 1.82) is 0 Å². The van der Waals surface area contributed by atoms with Crippen LogP contribution in [0.4, 0.5) is 5.82 Å². The Kier molecular flexibility index (Phi) is 4.24. The molecular formula is C14H17N3O3. The molecular weight excluding hydrogens is 258 g/mol. The molecule has 0 saturated heterocycles. The maximum atomic E-state index is 11.7. The number of nitrogen functional groups attached to an aromatic ring is 1. The van der Waals surface area contributed by atoms with E-state index in [0.29, 0.717) is 12.4 Å². The van der Waals surface area contributed by atoms with Gasteiger partial charge in [-0.25, -0.2) is 9.78 Å². The van der Waals surface area contributed by atoms with E-state index in [1.165, 1.54) is 6.33 Å². The van der Waals surface area contributed by atoms with Crippen LogP contribution in [0.2, 0.25) is 0 Å². The first-order chi connectivity index (χ1) is 9.69. The first kappa shape index (κ1) is 13.9. The minimum atomic E-state index is -0.530. The first-order valence-corrected chi connectivity index (χ1v) is 6.41. The Morgan fingerprint density at radius 2 is 2.05 bits per heavy atom. The fourth-order valence-electron chi connectivity index (χ4n) is 1.84. The van der Waals surface area contributed by atoms with Crippen molar-refractivity contribution in [3.8, 4) is 11.4 Å².